The van der Waals surface area contributed by atoms with Gasteiger partial charge < -0.3 is 5.32 Å². The van der Waals surface area contributed by atoms with Crippen molar-refractivity contribution in [3.05, 3.63) is 53.6 Å². The summed E-state index contributed by atoms with van der Waals surface area (Å²) in [4.78, 5) is 12.6. The van der Waals surface area contributed by atoms with Crippen molar-refractivity contribution in [3.63, 3.8) is 0 Å². The van der Waals surface area contributed by atoms with Gasteiger partial charge in [-0.1, -0.05) is 48.9 Å². The quantitative estimate of drug-likeness (QED) is 0.712. The molecule has 1 aromatic heterocycles. The highest BCUT2D eigenvalue weighted by molar-refractivity contribution is 6.31. The van der Waals surface area contributed by atoms with Crippen molar-refractivity contribution in [1.29, 1.82) is 0 Å². The summed E-state index contributed by atoms with van der Waals surface area (Å²) in [6, 6.07) is 15.3. The number of halogens is 1. The monoisotopic (exact) mass is 355 g/mol. The molecule has 0 radical (unpaired) electrons. The van der Waals surface area contributed by atoms with Gasteiger partial charge in [0, 0.05) is 22.0 Å². The highest BCUT2D eigenvalue weighted by atomic mass is 35.5. The number of rotatable bonds is 5. The molecule has 0 spiro atoms. The lowest BCUT2D eigenvalue weighted by atomic mass is 10.1. The third kappa shape index (κ3) is 3.54. The van der Waals surface area contributed by atoms with Crippen LogP contribution in [0.5, 0.6) is 0 Å². The number of amides is 1. The SMILES string of the molecule is CC[C@@H](C)NC(=O)[C@H](C)n1nc(-c2ccccc2)c2cc(Cl)ccc21. The molecule has 1 heterocycles. The van der Waals surface area contributed by atoms with Crippen molar-refractivity contribution in [3.8, 4) is 11.3 Å². The maximum Gasteiger partial charge on any atom is 0.244 e. The Bertz CT molecular complexity index is 889. The molecule has 0 unspecified atom stereocenters. The number of nitrogens with one attached hydrogen (secondary N) is 1. The second-order valence-electron chi connectivity index (χ2n) is 6.31. The van der Waals surface area contributed by atoms with Crippen molar-refractivity contribution < 1.29 is 4.79 Å². The molecule has 2 atom stereocenters. The van der Waals surface area contributed by atoms with Gasteiger partial charge in [-0.05, 0) is 38.5 Å². The number of aromatic nitrogens is 2. The van der Waals surface area contributed by atoms with Gasteiger partial charge in [0.25, 0.3) is 0 Å². The zero-order chi connectivity index (χ0) is 18.0. The lowest BCUT2D eigenvalue weighted by Gasteiger charge is -2.17. The number of carbonyl (C=O) groups is 1. The lowest BCUT2D eigenvalue weighted by Crippen LogP contribution is -2.37. The Morgan fingerprint density at radius 1 is 1.20 bits per heavy atom. The summed E-state index contributed by atoms with van der Waals surface area (Å²) in [6.45, 7) is 5.92. The van der Waals surface area contributed by atoms with E-state index >= 15 is 0 Å². The zero-order valence-corrected chi connectivity index (χ0v) is 15.4. The van der Waals surface area contributed by atoms with E-state index in [1.165, 1.54) is 0 Å². The lowest BCUT2D eigenvalue weighted by molar-refractivity contribution is -0.124. The van der Waals surface area contributed by atoms with E-state index in [1.54, 1.807) is 4.68 Å². The van der Waals surface area contributed by atoms with Gasteiger partial charge in [-0.3, -0.25) is 9.48 Å². The largest absolute Gasteiger partial charge is 0.352 e. The van der Waals surface area contributed by atoms with E-state index in [1.807, 2.05) is 62.4 Å². The Kier molecular flexibility index (Phi) is 5.09. The van der Waals surface area contributed by atoms with Crippen LogP contribution in [0.4, 0.5) is 0 Å². The van der Waals surface area contributed by atoms with Crippen LogP contribution in [-0.4, -0.2) is 21.7 Å². The topological polar surface area (TPSA) is 46.9 Å². The molecule has 0 aliphatic rings. The minimum atomic E-state index is -0.407. The zero-order valence-electron chi connectivity index (χ0n) is 14.7. The second kappa shape index (κ2) is 7.28. The van der Waals surface area contributed by atoms with Gasteiger partial charge in [-0.2, -0.15) is 5.10 Å². The van der Waals surface area contributed by atoms with Crippen molar-refractivity contribution in [2.75, 3.05) is 0 Å². The molecule has 0 aliphatic carbocycles. The number of nitrogens with zero attached hydrogens (tertiary/aromatic N) is 2. The second-order valence-corrected chi connectivity index (χ2v) is 6.75. The average Bonchev–Trinajstić information content (AvgIpc) is 3.00. The molecule has 3 aromatic rings. The van der Waals surface area contributed by atoms with Crippen LogP contribution in [0.15, 0.2) is 48.5 Å². The molecular weight excluding hydrogens is 334 g/mol. The third-order valence-corrected chi connectivity index (χ3v) is 4.70. The maximum absolute atomic E-state index is 12.6. The average molecular weight is 356 g/mol. The molecule has 0 saturated heterocycles. The fraction of sp³-hybridized carbons (Fsp3) is 0.300. The highest BCUT2D eigenvalue weighted by Gasteiger charge is 2.22. The molecule has 4 nitrogen and oxygen atoms in total. The van der Waals surface area contributed by atoms with Crippen LogP contribution < -0.4 is 5.32 Å². The van der Waals surface area contributed by atoms with E-state index in [-0.39, 0.29) is 11.9 Å². The Labute approximate surface area is 152 Å². The molecule has 130 valence electrons. The fourth-order valence-corrected chi connectivity index (χ4v) is 2.97. The normalized spacial score (nSPS) is 13.6. The van der Waals surface area contributed by atoms with Gasteiger partial charge >= 0.3 is 0 Å². The first-order chi connectivity index (χ1) is 12.0. The number of hydrogen-bond acceptors (Lipinski definition) is 2. The van der Waals surface area contributed by atoms with E-state index in [0.29, 0.717) is 5.02 Å². The summed E-state index contributed by atoms with van der Waals surface area (Å²) >= 11 is 6.20. The summed E-state index contributed by atoms with van der Waals surface area (Å²) in [5.74, 6) is -0.0340. The van der Waals surface area contributed by atoms with E-state index in [4.69, 9.17) is 16.7 Å². The van der Waals surface area contributed by atoms with Crippen LogP contribution in [0.2, 0.25) is 5.02 Å². The van der Waals surface area contributed by atoms with Crippen molar-refractivity contribution >= 4 is 28.4 Å². The Morgan fingerprint density at radius 3 is 2.60 bits per heavy atom. The maximum atomic E-state index is 12.6. The van der Waals surface area contributed by atoms with Crippen LogP contribution in [0.3, 0.4) is 0 Å². The summed E-state index contributed by atoms with van der Waals surface area (Å²) in [5.41, 5.74) is 2.74. The highest BCUT2D eigenvalue weighted by Crippen LogP contribution is 2.31. The van der Waals surface area contributed by atoms with Crippen molar-refractivity contribution in [2.45, 2.75) is 39.3 Å². The summed E-state index contributed by atoms with van der Waals surface area (Å²) in [5, 5.41) is 9.38. The van der Waals surface area contributed by atoms with Gasteiger partial charge in [-0.25, -0.2) is 0 Å². The van der Waals surface area contributed by atoms with Crippen molar-refractivity contribution in [2.24, 2.45) is 0 Å². The molecular formula is C20H22ClN3O. The van der Waals surface area contributed by atoms with Gasteiger partial charge in [0.1, 0.15) is 11.7 Å². The fourth-order valence-electron chi connectivity index (χ4n) is 2.79. The van der Waals surface area contributed by atoms with Crippen LogP contribution in [0.25, 0.3) is 22.2 Å². The number of carbonyl (C=O) groups excluding carboxylic acids is 1. The number of fused-ring (bicyclic) bond motifs is 1. The van der Waals surface area contributed by atoms with Crippen molar-refractivity contribution in [1.82, 2.24) is 15.1 Å². The van der Waals surface area contributed by atoms with E-state index in [0.717, 1.165) is 28.6 Å². The van der Waals surface area contributed by atoms with E-state index in [2.05, 4.69) is 12.2 Å². The standard InChI is InChI=1S/C20H22ClN3O/c1-4-13(2)22-20(25)14(3)24-18-11-10-16(21)12-17(18)19(23-24)15-8-6-5-7-9-15/h5-14H,4H2,1-3H3,(H,22,25)/t13-,14+/m1/s1. The molecule has 0 fully saturated rings. The minimum Gasteiger partial charge on any atom is -0.352 e. The smallest absolute Gasteiger partial charge is 0.244 e. The molecule has 2 aromatic carbocycles. The van der Waals surface area contributed by atoms with Gasteiger partial charge in [-0.15, -0.1) is 0 Å². The van der Waals surface area contributed by atoms with Crippen LogP contribution in [0, 0.1) is 0 Å². The summed E-state index contributed by atoms with van der Waals surface area (Å²) < 4.78 is 1.78. The van der Waals surface area contributed by atoms with Gasteiger partial charge in [0.05, 0.1) is 5.52 Å². The first-order valence-corrected chi connectivity index (χ1v) is 8.92. The van der Waals surface area contributed by atoms with Crippen LogP contribution in [-0.2, 0) is 4.79 Å². The predicted octanol–water partition coefficient (Wildman–Crippen LogP) is 4.83. The first kappa shape index (κ1) is 17.5. The summed E-state index contributed by atoms with van der Waals surface area (Å²) in [6.07, 6.45) is 0.892. The molecule has 0 aliphatic heterocycles. The molecule has 0 bridgehead atoms. The van der Waals surface area contributed by atoms with Gasteiger partial charge in [0.2, 0.25) is 5.91 Å². The molecule has 1 N–H and O–H groups in total. The molecule has 0 saturated carbocycles. The van der Waals surface area contributed by atoms with Crippen LogP contribution >= 0.6 is 11.6 Å². The molecule has 3 rings (SSSR count). The minimum absolute atomic E-state index is 0.0340. The molecule has 25 heavy (non-hydrogen) atoms. The summed E-state index contributed by atoms with van der Waals surface area (Å²) in [7, 11) is 0. The Morgan fingerprint density at radius 2 is 1.92 bits per heavy atom. The molecule has 1 amide bonds. The third-order valence-electron chi connectivity index (χ3n) is 4.46. The predicted molar refractivity (Wildman–Crippen MR) is 103 cm³/mol. The van der Waals surface area contributed by atoms with Crippen LogP contribution in [0.1, 0.15) is 33.2 Å². The van der Waals surface area contributed by atoms with E-state index < -0.39 is 6.04 Å². The van der Waals surface area contributed by atoms with Gasteiger partial charge in [0.15, 0.2) is 0 Å². The molecule has 5 heteroatoms. The number of hydrogen-bond donors (Lipinski definition) is 1. The van der Waals surface area contributed by atoms with E-state index in [9.17, 15) is 4.79 Å². The first-order valence-electron chi connectivity index (χ1n) is 8.54. The number of benzene rings is 2. The Hall–Kier alpha value is -2.33. The Balaban J connectivity index is 2.09.